The highest BCUT2D eigenvalue weighted by Crippen LogP contribution is 2.24. The van der Waals surface area contributed by atoms with E-state index in [-0.39, 0.29) is 5.78 Å². The molecule has 4 rings (SSSR count). The number of hydrogen-bond donors (Lipinski definition) is 0. The number of rotatable bonds is 6. The third-order valence-corrected chi connectivity index (χ3v) is 6.45. The van der Waals surface area contributed by atoms with Crippen molar-refractivity contribution in [3.8, 4) is 0 Å². The number of carbonyl (C=O) groups excluding carboxylic acids is 1. The summed E-state index contributed by atoms with van der Waals surface area (Å²) >= 11 is 7.18. The van der Waals surface area contributed by atoms with Gasteiger partial charge in [-0.15, -0.1) is 0 Å². The number of nitrogens with zero attached hydrogens (tertiary/aromatic N) is 2. The molecule has 0 aliphatic rings. The van der Waals surface area contributed by atoms with Crippen molar-refractivity contribution in [2.24, 2.45) is 0 Å². The molecule has 0 amide bonds. The molecule has 0 atom stereocenters. The van der Waals surface area contributed by atoms with Gasteiger partial charge in [-0.05, 0) is 47.5 Å². The molecule has 0 aliphatic heterocycles. The summed E-state index contributed by atoms with van der Waals surface area (Å²) in [6.07, 6.45) is 4.61. The highest BCUT2D eigenvalue weighted by Gasteiger charge is 2.19. The summed E-state index contributed by atoms with van der Waals surface area (Å²) in [5, 5.41) is 0. The predicted octanol–water partition coefficient (Wildman–Crippen LogP) is 6.41. The average Bonchev–Trinajstić information content (AvgIpc) is 2.77. The van der Waals surface area contributed by atoms with E-state index in [2.05, 4.69) is 41.8 Å². The van der Waals surface area contributed by atoms with Gasteiger partial charge in [0.2, 0.25) is 0 Å². The number of pyridine rings is 2. The molecule has 2 aromatic heterocycles. The minimum atomic E-state index is -0.0553. The molecule has 2 heterocycles. The summed E-state index contributed by atoms with van der Waals surface area (Å²) in [5.41, 5.74) is 4.90. The molecule has 148 valence electrons. The minimum Gasteiger partial charge on any atom is -0.288 e. The fourth-order valence-corrected chi connectivity index (χ4v) is 4.21. The van der Waals surface area contributed by atoms with Crippen LogP contribution in [0.4, 0.5) is 0 Å². The van der Waals surface area contributed by atoms with Crippen molar-refractivity contribution in [3.63, 3.8) is 0 Å². The standard InChI is InChI=1S/C25H18Br2N2O/c26-21-11-3-1-7-17(21)15-23-19(9-5-13-28-23)25(30)20-10-6-14-29-24(20)16-18-8-2-4-12-22(18)27/h1-14H,15-16H2. The molecule has 0 saturated carbocycles. The Bertz CT molecular complexity index is 1110. The Labute approximate surface area is 192 Å². The topological polar surface area (TPSA) is 42.9 Å². The molecule has 0 unspecified atom stereocenters. The lowest BCUT2D eigenvalue weighted by atomic mass is 9.95. The molecule has 0 aliphatic carbocycles. The summed E-state index contributed by atoms with van der Waals surface area (Å²) in [6, 6.07) is 23.3. The van der Waals surface area contributed by atoms with Gasteiger partial charge in [0, 0.05) is 45.3 Å². The lowest BCUT2D eigenvalue weighted by Gasteiger charge is -2.12. The normalized spacial score (nSPS) is 10.7. The predicted molar refractivity (Wildman–Crippen MR) is 126 cm³/mol. The Balaban J connectivity index is 1.70. The van der Waals surface area contributed by atoms with Crippen LogP contribution in [-0.4, -0.2) is 15.8 Å². The first-order valence-electron chi connectivity index (χ1n) is 9.53. The first-order chi connectivity index (χ1) is 14.6. The molecular weight excluding hydrogens is 504 g/mol. The average molecular weight is 522 g/mol. The smallest absolute Gasteiger partial charge is 0.196 e. The number of aromatic nitrogens is 2. The fourth-order valence-electron chi connectivity index (χ4n) is 3.36. The SMILES string of the molecule is O=C(c1cccnc1Cc1ccccc1Br)c1cccnc1Cc1ccccc1Br. The Morgan fingerprint density at radius 2 is 1.07 bits per heavy atom. The molecular formula is C25H18Br2N2O. The van der Waals surface area contributed by atoms with Crippen molar-refractivity contribution < 1.29 is 4.79 Å². The second-order valence-electron chi connectivity index (χ2n) is 6.86. The van der Waals surface area contributed by atoms with Crippen LogP contribution in [0.3, 0.4) is 0 Å². The summed E-state index contributed by atoms with van der Waals surface area (Å²) in [7, 11) is 0. The zero-order valence-corrected chi connectivity index (χ0v) is 19.2. The zero-order chi connectivity index (χ0) is 20.9. The van der Waals surface area contributed by atoms with Gasteiger partial charge in [0.15, 0.2) is 5.78 Å². The van der Waals surface area contributed by atoms with Gasteiger partial charge in [0.1, 0.15) is 0 Å². The van der Waals surface area contributed by atoms with Crippen LogP contribution in [-0.2, 0) is 12.8 Å². The van der Waals surface area contributed by atoms with Gasteiger partial charge in [-0.1, -0.05) is 68.3 Å². The van der Waals surface area contributed by atoms with E-state index < -0.39 is 0 Å². The zero-order valence-electron chi connectivity index (χ0n) is 16.1. The van der Waals surface area contributed by atoms with Crippen molar-refractivity contribution in [2.75, 3.05) is 0 Å². The van der Waals surface area contributed by atoms with Crippen molar-refractivity contribution in [1.29, 1.82) is 0 Å². The highest BCUT2D eigenvalue weighted by atomic mass is 79.9. The Hall–Kier alpha value is -2.63. The summed E-state index contributed by atoms with van der Waals surface area (Å²) in [5.74, 6) is -0.0553. The van der Waals surface area contributed by atoms with Gasteiger partial charge < -0.3 is 0 Å². The number of carbonyl (C=O) groups is 1. The molecule has 0 radical (unpaired) electrons. The van der Waals surface area contributed by atoms with Gasteiger partial charge in [-0.2, -0.15) is 0 Å². The number of ketones is 1. The van der Waals surface area contributed by atoms with Gasteiger partial charge >= 0.3 is 0 Å². The molecule has 30 heavy (non-hydrogen) atoms. The molecule has 0 fully saturated rings. The van der Waals surface area contributed by atoms with Gasteiger partial charge in [0.25, 0.3) is 0 Å². The largest absolute Gasteiger partial charge is 0.288 e. The highest BCUT2D eigenvalue weighted by molar-refractivity contribution is 9.10. The monoisotopic (exact) mass is 520 g/mol. The summed E-state index contributed by atoms with van der Waals surface area (Å²) < 4.78 is 2.01. The minimum absolute atomic E-state index is 0.0553. The molecule has 3 nitrogen and oxygen atoms in total. The van der Waals surface area contributed by atoms with E-state index in [9.17, 15) is 4.79 Å². The molecule has 0 N–H and O–H groups in total. The quantitative estimate of drug-likeness (QED) is 0.275. The first kappa shape index (κ1) is 20.6. The molecule has 2 aromatic carbocycles. The number of benzene rings is 2. The van der Waals surface area contributed by atoms with Gasteiger partial charge in [-0.3, -0.25) is 14.8 Å². The molecule has 0 spiro atoms. The summed E-state index contributed by atoms with van der Waals surface area (Å²) in [6.45, 7) is 0. The van der Waals surface area contributed by atoms with Gasteiger partial charge in [0.05, 0.1) is 11.4 Å². The fraction of sp³-hybridized carbons (Fsp3) is 0.0800. The van der Waals surface area contributed by atoms with E-state index in [0.29, 0.717) is 24.0 Å². The lowest BCUT2D eigenvalue weighted by molar-refractivity contribution is 0.103. The van der Waals surface area contributed by atoms with Crippen LogP contribution < -0.4 is 0 Å². The number of hydrogen-bond acceptors (Lipinski definition) is 3. The van der Waals surface area contributed by atoms with E-state index in [1.165, 1.54) is 0 Å². The Morgan fingerprint density at radius 1 is 0.633 bits per heavy atom. The van der Waals surface area contributed by atoms with Crippen LogP contribution in [0.5, 0.6) is 0 Å². The molecule has 4 aromatic rings. The third-order valence-electron chi connectivity index (χ3n) is 4.90. The van der Waals surface area contributed by atoms with Crippen molar-refractivity contribution >= 4 is 37.6 Å². The van der Waals surface area contributed by atoms with Crippen LogP contribution >= 0.6 is 31.9 Å². The maximum atomic E-state index is 13.5. The van der Waals surface area contributed by atoms with Crippen molar-refractivity contribution in [2.45, 2.75) is 12.8 Å². The maximum absolute atomic E-state index is 13.5. The lowest BCUT2D eigenvalue weighted by Crippen LogP contribution is -2.11. The van der Waals surface area contributed by atoms with E-state index in [4.69, 9.17) is 0 Å². The van der Waals surface area contributed by atoms with Crippen LogP contribution in [0, 0.1) is 0 Å². The van der Waals surface area contributed by atoms with Crippen LogP contribution in [0.15, 0.2) is 94.1 Å². The van der Waals surface area contributed by atoms with Crippen molar-refractivity contribution in [1.82, 2.24) is 9.97 Å². The molecule has 0 bridgehead atoms. The molecule has 0 saturated heterocycles. The molecule has 5 heteroatoms. The second kappa shape index (κ2) is 9.45. The summed E-state index contributed by atoms with van der Waals surface area (Å²) in [4.78, 5) is 22.6. The first-order valence-corrected chi connectivity index (χ1v) is 11.1. The Morgan fingerprint density at radius 3 is 1.50 bits per heavy atom. The Kier molecular flexibility index (Phi) is 6.50. The van der Waals surface area contributed by atoms with Crippen LogP contribution in [0.1, 0.15) is 38.4 Å². The maximum Gasteiger partial charge on any atom is 0.196 e. The van der Waals surface area contributed by atoms with E-state index in [1.54, 1.807) is 24.5 Å². The van der Waals surface area contributed by atoms with E-state index in [1.807, 2.05) is 60.7 Å². The van der Waals surface area contributed by atoms with E-state index >= 15 is 0 Å². The second-order valence-corrected chi connectivity index (χ2v) is 8.57. The number of halogens is 2. The van der Waals surface area contributed by atoms with Gasteiger partial charge in [-0.25, -0.2) is 0 Å². The van der Waals surface area contributed by atoms with E-state index in [0.717, 1.165) is 31.5 Å². The van der Waals surface area contributed by atoms with Crippen molar-refractivity contribution in [3.05, 3.63) is 128 Å². The third kappa shape index (κ3) is 4.58. The van der Waals surface area contributed by atoms with Crippen LogP contribution in [0.25, 0.3) is 0 Å². The van der Waals surface area contributed by atoms with Crippen LogP contribution in [0.2, 0.25) is 0 Å².